The molecular formula is C46H78O14. The predicted octanol–water partition coefficient (Wildman–Crippen LogP) is 3.17. The van der Waals surface area contributed by atoms with Crippen molar-refractivity contribution in [2.24, 2.45) is 52.3 Å². The number of fused-ring (bicyclic) bond motifs is 5. The highest BCUT2D eigenvalue weighted by Gasteiger charge is 2.60. The second-order valence-corrected chi connectivity index (χ2v) is 21.0. The van der Waals surface area contributed by atoms with Crippen LogP contribution < -0.4 is 0 Å². The summed E-state index contributed by atoms with van der Waals surface area (Å²) in [6, 6.07) is 0. The number of hydrogen-bond donors (Lipinski definition) is 8. The minimum Gasteiger partial charge on any atom is -0.393 e. The van der Waals surface area contributed by atoms with Gasteiger partial charge in [0.2, 0.25) is 0 Å². The number of aliphatic hydroxyl groups is 8. The lowest BCUT2D eigenvalue weighted by Crippen LogP contribution is -2.64. The van der Waals surface area contributed by atoms with E-state index in [9.17, 15) is 40.9 Å². The van der Waals surface area contributed by atoms with Gasteiger partial charge in [0, 0.05) is 0 Å². The normalized spacial score (nSPS) is 50.5. The van der Waals surface area contributed by atoms with Crippen LogP contribution in [0.1, 0.15) is 119 Å². The Morgan fingerprint density at radius 1 is 0.817 bits per heavy atom. The third-order valence-corrected chi connectivity index (χ3v) is 17.4. The molecular weight excluding hydrogens is 776 g/mol. The molecule has 0 amide bonds. The van der Waals surface area contributed by atoms with E-state index in [1.807, 2.05) is 0 Å². The third kappa shape index (κ3) is 8.68. The van der Waals surface area contributed by atoms with E-state index in [-0.39, 0.29) is 18.6 Å². The van der Waals surface area contributed by atoms with Crippen LogP contribution >= 0.6 is 0 Å². The Kier molecular flexibility index (Phi) is 14.6. The lowest BCUT2D eigenvalue weighted by Gasteiger charge is -2.59. The van der Waals surface area contributed by atoms with Crippen LogP contribution in [0.3, 0.4) is 0 Å². The molecule has 7 rings (SSSR count). The number of aliphatic hydroxyl groups excluding tert-OH is 7. The molecule has 60 heavy (non-hydrogen) atoms. The van der Waals surface area contributed by atoms with Crippen LogP contribution in [-0.4, -0.2) is 146 Å². The number of ether oxygens (including phenoxy) is 6. The maximum atomic E-state index is 11.9. The number of rotatable bonds is 14. The smallest absolute Gasteiger partial charge is 0.187 e. The monoisotopic (exact) mass is 855 g/mol. The zero-order chi connectivity index (χ0) is 43.5. The summed E-state index contributed by atoms with van der Waals surface area (Å²) in [5.74, 6) is 5.12. The quantitative estimate of drug-likeness (QED) is 0.118. The van der Waals surface area contributed by atoms with Crippen molar-refractivity contribution in [1.29, 1.82) is 0 Å². The number of allylic oxidation sites excluding steroid dienone is 1. The molecule has 3 aliphatic heterocycles. The summed E-state index contributed by atoms with van der Waals surface area (Å²) in [7, 11) is 0. The van der Waals surface area contributed by atoms with Crippen molar-refractivity contribution < 1.29 is 69.3 Å². The van der Waals surface area contributed by atoms with E-state index in [4.69, 9.17) is 28.4 Å². The third-order valence-electron chi connectivity index (χ3n) is 17.4. The summed E-state index contributed by atoms with van der Waals surface area (Å²) >= 11 is 0. The zero-order valence-electron chi connectivity index (χ0n) is 37.1. The van der Waals surface area contributed by atoms with Crippen molar-refractivity contribution in [3.8, 4) is 0 Å². The fraction of sp³-hybridized carbons (Fsp3) is 0.957. The van der Waals surface area contributed by atoms with Crippen molar-refractivity contribution in [3.63, 3.8) is 0 Å². The van der Waals surface area contributed by atoms with E-state index in [1.54, 1.807) is 0 Å². The van der Waals surface area contributed by atoms with Gasteiger partial charge in [0.05, 0.1) is 32.0 Å². The minimum atomic E-state index is -1.91. The van der Waals surface area contributed by atoms with E-state index in [1.165, 1.54) is 57.4 Å². The molecule has 346 valence electrons. The van der Waals surface area contributed by atoms with Crippen LogP contribution in [-0.2, 0) is 28.4 Å². The van der Waals surface area contributed by atoms with Crippen molar-refractivity contribution in [2.75, 3.05) is 19.8 Å². The second kappa shape index (κ2) is 18.6. The van der Waals surface area contributed by atoms with E-state index >= 15 is 0 Å². The Bertz CT molecular complexity index is 1470. The molecule has 7 aliphatic rings. The highest BCUT2D eigenvalue weighted by Crippen LogP contribution is 2.68. The predicted molar refractivity (Wildman–Crippen MR) is 219 cm³/mol. The summed E-state index contributed by atoms with van der Waals surface area (Å²) in [4.78, 5) is 0. The molecule has 3 saturated carbocycles. The lowest BCUT2D eigenvalue weighted by molar-refractivity contribution is -0.365. The van der Waals surface area contributed by atoms with Crippen LogP contribution in [0.5, 0.6) is 0 Å². The first-order valence-corrected chi connectivity index (χ1v) is 23.3. The van der Waals surface area contributed by atoms with Gasteiger partial charge in [-0.25, -0.2) is 0 Å². The van der Waals surface area contributed by atoms with Gasteiger partial charge in [-0.3, -0.25) is 0 Å². The maximum absolute atomic E-state index is 11.9. The Balaban J connectivity index is 1.05. The average molecular weight is 855 g/mol. The van der Waals surface area contributed by atoms with Crippen molar-refractivity contribution >= 4 is 0 Å². The summed E-state index contributed by atoms with van der Waals surface area (Å²) in [6.45, 7) is 14.8. The molecule has 22 unspecified atom stereocenters. The molecule has 6 fully saturated rings. The molecule has 0 spiro atoms. The first-order valence-electron chi connectivity index (χ1n) is 23.3. The first kappa shape index (κ1) is 47.2. The van der Waals surface area contributed by atoms with E-state index in [0.29, 0.717) is 23.7 Å². The number of hydrogen-bond acceptors (Lipinski definition) is 14. The van der Waals surface area contributed by atoms with Crippen LogP contribution in [0.15, 0.2) is 11.6 Å². The fourth-order valence-corrected chi connectivity index (χ4v) is 13.4. The maximum Gasteiger partial charge on any atom is 0.187 e. The van der Waals surface area contributed by atoms with Gasteiger partial charge in [-0.15, -0.1) is 0 Å². The molecule has 3 saturated heterocycles. The fourth-order valence-electron chi connectivity index (χ4n) is 13.4. The van der Waals surface area contributed by atoms with Crippen LogP contribution in [0, 0.1) is 52.3 Å². The Morgan fingerprint density at radius 2 is 1.57 bits per heavy atom. The van der Waals surface area contributed by atoms with Crippen molar-refractivity contribution in [1.82, 2.24) is 0 Å². The molecule has 0 radical (unpaired) electrons. The molecule has 0 bridgehead atoms. The van der Waals surface area contributed by atoms with Gasteiger partial charge < -0.3 is 69.3 Å². The standard InChI is InChI=1S/C46H78O14/c1-8-26(23(2)3)10-9-24(4)30-13-14-31-29-12-11-27-19-28(15-17-44(27,6)32(29)16-18-45(30,31)7)58-38-33(20-55-43-40(52)46(54,21-47)22-56-43)59-41(53)39(37(38)51)60-42-36(50)35(49)34(48)25(5)57-42/h19,23-26,28-43,47-54H,8-18,20-22H2,1-7H3. The van der Waals surface area contributed by atoms with Crippen LogP contribution in [0.25, 0.3) is 0 Å². The van der Waals surface area contributed by atoms with Gasteiger partial charge in [0.1, 0.15) is 54.4 Å². The molecule has 14 nitrogen and oxygen atoms in total. The molecule has 0 aromatic carbocycles. The topological polar surface area (TPSA) is 217 Å². The van der Waals surface area contributed by atoms with E-state index < -0.39 is 92.1 Å². The Morgan fingerprint density at radius 3 is 2.25 bits per heavy atom. The molecule has 0 aromatic heterocycles. The zero-order valence-corrected chi connectivity index (χ0v) is 37.1. The average Bonchev–Trinajstić information content (AvgIpc) is 3.72. The van der Waals surface area contributed by atoms with Gasteiger partial charge >= 0.3 is 0 Å². The molecule has 0 aromatic rings. The van der Waals surface area contributed by atoms with Crippen molar-refractivity contribution in [2.45, 2.75) is 205 Å². The van der Waals surface area contributed by atoms with E-state index in [0.717, 1.165) is 48.9 Å². The summed E-state index contributed by atoms with van der Waals surface area (Å²) < 4.78 is 35.5. The van der Waals surface area contributed by atoms with Gasteiger partial charge in [0.15, 0.2) is 18.9 Å². The molecule has 3 heterocycles. The minimum absolute atomic E-state index is 0.0431. The SMILES string of the molecule is CCC(CCC(C)C1CCC2C3CCC4=CC(OC5C(COC6OCC(O)(CO)C6O)OC(O)C(OC6OC(C)C(O)C(O)C6O)C5O)CCC4(C)C3CCC12C)C(C)C. The molecule has 14 heteroatoms. The summed E-state index contributed by atoms with van der Waals surface area (Å²) in [6.07, 6.45) is -2.32. The molecule has 8 N–H and O–H groups in total. The van der Waals surface area contributed by atoms with Gasteiger partial charge in [-0.05, 0) is 117 Å². The van der Waals surface area contributed by atoms with Crippen LogP contribution in [0.2, 0.25) is 0 Å². The van der Waals surface area contributed by atoms with Gasteiger partial charge in [-0.2, -0.15) is 0 Å². The summed E-state index contributed by atoms with van der Waals surface area (Å²) in [5.41, 5.74) is -0.0895. The lowest BCUT2D eigenvalue weighted by atomic mass is 9.46. The van der Waals surface area contributed by atoms with Crippen molar-refractivity contribution in [3.05, 3.63) is 11.6 Å². The Hall–Kier alpha value is -0.820. The van der Waals surface area contributed by atoms with Gasteiger partial charge in [0.25, 0.3) is 0 Å². The summed E-state index contributed by atoms with van der Waals surface area (Å²) in [5, 5.41) is 85.1. The molecule has 4 aliphatic carbocycles. The first-order chi connectivity index (χ1) is 28.4. The highest BCUT2D eigenvalue weighted by molar-refractivity contribution is 5.26. The van der Waals surface area contributed by atoms with Crippen LogP contribution in [0.4, 0.5) is 0 Å². The van der Waals surface area contributed by atoms with Gasteiger partial charge in [-0.1, -0.05) is 66.0 Å². The largest absolute Gasteiger partial charge is 0.393 e. The second-order valence-electron chi connectivity index (χ2n) is 21.0. The highest BCUT2D eigenvalue weighted by atomic mass is 16.7. The van der Waals surface area contributed by atoms with E-state index in [2.05, 4.69) is 47.6 Å². The molecule has 22 atom stereocenters. The Labute approximate surface area is 356 Å².